The summed E-state index contributed by atoms with van der Waals surface area (Å²) in [5, 5.41) is 7.21. The summed E-state index contributed by atoms with van der Waals surface area (Å²) < 4.78 is 1.72. The smallest absolute Gasteiger partial charge is 0.255 e. The summed E-state index contributed by atoms with van der Waals surface area (Å²) in [6.07, 6.45) is 7.02. The summed E-state index contributed by atoms with van der Waals surface area (Å²) in [5.41, 5.74) is 1.50. The van der Waals surface area contributed by atoms with Crippen molar-refractivity contribution < 1.29 is 4.79 Å². The summed E-state index contributed by atoms with van der Waals surface area (Å²) in [6, 6.07) is 5.72. The van der Waals surface area contributed by atoms with Gasteiger partial charge in [0.2, 0.25) is 0 Å². The maximum absolute atomic E-state index is 12.2. The second-order valence-electron chi connectivity index (χ2n) is 5.08. The predicted molar refractivity (Wildman–Crippen MR) is 77.6 cm³/mol. The van der Waals surface area contributed by atoms with E-state index in [0.29, 0.717) is 16.3 Å². The monoisotopic (exact) mass is 321 g/mol. The van der Waals surface area contributed by atoms with Gasteiger partial charge in [-0.25, -0.2) is 4.52 Å². The highest BCUT2D eigenvalue weighted by Crippen LogP contribution is 2.30. The Morgan fingerprint density at radius 2 is 2.37 bits per heavy atom. The van der Waals surface area contributed by atoms with Crippen LogP contribution in [0, 0.1) is 5.92 Å². The van der Waals surface area contributed by atoms with Gasteiger partial charge in [-0.1, -0.05) is 22.0 Å². The highest BCUT2D eigenvalue weighted by atomic mass is 79.9. The molecule has 2 aromatic heterocycles. The van der Waals surface area contributed by atoms with Gasteiger partial charge in [0.15, 0.2) is 0 Å². The lowest BCUT2D eigenvalue weighted by molar-refractivity contribution is 0.0949. The molecule has 1 N–H and O–H groups in total. The first-order valence-corrected chi connectivity index (χ1v) is 7.50. The van der Waals surface area contributed by atoms with Crippen molar-refractivity contribution in [1.29, 1.82) is 0 Å². The van der Waals surface area contributed by atoms with Crippen molar-refractivity contribution >= 4 is 27.4 Å². The SMILES string of the molecule is O=C(NCC1CCC(Br)C1)c1cnn2ccccc12. The first-order chi connectivity index (χ1) is 9.24. The van der Waals surface area contributed by atoms with Crippen LogP contribution in [0.1, 0.15) is 29.6 Å². The maximum atomic E-state index is 12.2. The zero-order valence-corrected chi connectivity index (χ0v) is 12.1. The quantitative estimate of drug-likeness (QED) is 0.883. The van der Waals surface area contributed by atoms with Crippen LogP contribution >= 0.6 is 15.9 Å². The Hall–Kier alpha value is -1.36. The van der Waals surface area contributed by atoms with Crippen molar-refractivity contribution in [3.63, 3.8) is 0 Å². The molecule has 1 amide bonds. The molecular formula is C14H16BrN3O. The van der Waals surface area contributed by atoms with Gasteiger partial charge in [-0.15, -0.1) is 0 Å². The molecule has 3 rings (SSSR count). The summed E-state index contributed by atoms with van der Waals surface area (Å²) in [5.74, 6) is 0.564. The third-order valence-electron chi connectivity index (χ3n) is 3.70. The van der Waals surface area contributed by atoms with E-state index in [-0.39, 0.29) is 5.91 Å². The van der Waals surface area contributed by atoms with Crippen molar-refractivity contribution in [1.82, 2.24) is 14.9 Å². The molecule has 0 aliphatic heterocycles. The second kappa shape index (κ2) is 5.33. The lowest BCUT2D eigenvalue weighted by Crippen LogP contribution is -2.28. The van der Waals surface area contributed by atoms with Gasteiger partial charge in [-0.3, -0.25) is 4.79 Å². The van der Waals surface area contributed by atoms with Crippen molar-refractivity contribution in [2.75, 3.05) is 6.54 Å². The molecule has 0 aromatic carbocycles. The standard InChI is InChI=1S/C14H16BrN3O/c15-11-5-4-10(7-11)8-16-14(19)12-9-17-18-6-2-1-3-13(12)18/h1-3,6,9-11H,4-5,7-8H2,(H,16,19). The number of carbonyl (C=O) groups is 1. The predicted octanol–water partition coefficient (Wildman–Crippen LogP) is 2.63. The van der Waals surface area contributed by atoms with Crippen molar-refractivity contribution in [2.45, 2.75) is 24.1 Å². The second-order valence-corrected chi connectivity index (χ2v) is 6.37. The fourth-order valence-electron chi connectivity index (χ4n) is 2.64. The molecule has 0 saturated heterocycles. The van der Waals surface area contributed by atoms with Gasteiger partial charge < -0.3 is 5.32 Å². The van der Waals surface area contributed by atoms with Crippen LogP contribution in [-0.2, 0) is 0 Å². The molecule has 19 heavy (non-hydrogen) atoms. The van der Waals surface area contributed by atoms with Crippen molar-refractivity contribution in [3.05, 3.63) is 36.2 Å². The molecule has 2 atom stereocenters. The van der Waals surface area contributed by atoms with Crippen LogP contribution in [-0.4, -0.2) is 26.9 Å². The number of hydrogen-bond acceptors (Lipinski definition) is 2. The number of alkyl halides is 1. The topological polar surface area (TPSA) is 46.4 Å². The number of halogens is 1. The molecule has 1 saturated carbocycles. The summed E-state index contributed by atoms with van der Waals surface area (Å²) in [6.45, 7) is 0.755. The van der Waals surface area contributed by atoms with Gasteiger partial charge in [0.1, 0.15) is 0 Å². The fraction of sp³-hybridized carbons (Fsp3) is 0.429. The average Bonchev–Trinajstić information content (AvgIpc) is 3.02. The minimum atomic E-state index is -0.0285. The Labute approximate surface area is 120 Å². The molecule has 1 aliphatic rings. The van der Waals surface area contributed by atoms with E-state index >= 15 is 0 Å². The van der Waals surface area contributed by atoms with Crippen LogP contribution in [0.25, 0.3) is 5.52 Å². The fourth-order valence-corrected chi connectivity index (χ4v) is 3.43. The van der Waals surface area contributed by atoms with Crippen molar-refractivity contribution in [2.24, 2.45) is 5.92 Å². The number of hydrogen-bond donors (Lipinski definition) is 1. The molecule has 0 radical (unpaired) electrons. The Balaban J connectivity index is 1.67. The lowest BCUT2D eigenvalue weighted by Gasteiger charge is -2.10. The Kier molecular flexibility index (Phi) is 3.55. The molecule has 100 valence electrons. The Morgan fingerprint density at radius 3 is 3.16 bits per heavy atom. The third-order valence-corrected chi connectivity index (χ3v) is 4.53. The van der Waals surface area contributed by atoms with E-state index in [4.69, 9.17) is 0 Å². The highest BCUT2D eigenvalue weighted by molar-refractivity contribution is 9.09. The molecule has 0 spiro atoms. The van der Waals surface area contributed by atoms with Gasteiger partial charge in [0, 0.05) is 17.6 Å². The first-order valence-electron chi connectivity index (χ1n) is 6.58. The highest BCUT2D eigenvalue weighted by Gasteiger charge is 2.23. The molecule has 5 heteroatoms. The van der Waals surface area contributed by atoms with Crippen LogP contribution in [0.3, 0.4) is 0 Å². The van der Waals surface area contributed by atoms with E-state index in [1.54, 1.807) is 10.7 Å². The average molecular weight is 322 g/mol. The number of nitrogens with one attached hydrogen (secondary N) is 1. The van der Waals surface area contributed by atoms with Gasteiger partial charge >= 0.3 is 0 Å². The summed E-state index contributed by atoms with van der Waals surface area (Å²) in [7, 11) is 0. The van der Waals surface area contributed by atoms with Gasteiger partial charge in [0.25, 0.3) is 5.91 Å². The number of rotatable bonds is 3. The molecule has 2 aromatic rings. The Bertz CT molecular complexity index is 595. The van der Waals surface area contributed by atoms with Crippen LogP contribution in [0.4, 0.5) is 0 Å². The van der Waals surface area contributed by atoms with Gasteiger partial charge in [0.05, 0.1) is 17.3 Å². The summed E-state index contributed by atoms with van der Waals surface area (Å²) in [4.78, 5) is 12.8. The maximum Gasteiger partial charge on any atom is 0.255 e. The van der Waals surface area contributed by atoms with E-state index in [0.717, 1.165) is 18.5 Å². The molecule has 4 nitrogen and oxygen atoms in total. The number of fused-ring (bicyclic) bond motifs is 1. The largest absolute Gasteiger partial charge is 0.352 e. The van der Waals surface area contributed by atoms with E-state index in [1.165, 1.54) is 12.8 Å². The zero-order chi connectivity index (χ0) is 13.2. The molecule has 2 unspecified atom stereocenters. The van der Waals surface area contributed by atoms with Gasteiger partial charge in [-0.05, 0) is 37.3 Å². The first kappa shape index (κ1) is 12.7. The number of carbonyl (C=O) groups excluding carboxylic acids is 1. The summed E-state index contributed by atoms with van der Waals surface area (Å²) >= 11 is 3.63. The van der Waals surface area contributed by atoms with E-state index in [2.05, 4.69) is 26.3 Å². The van der Waals surface area contributed by atoms with Crippen molar-refractivity contribution in [3.8, 4) is 0 Å². The molecule has 1 aliphatic carbocycles. The van der Waals surface area contributed by atoms with Crippen LogP contribution in [0.2, 0.25) is 0 Å². The molecule has 0 bridgehead atoms. The number of nitrogens with zero attached hydrogens (tertiary/aromatic N) is 2. The number of amides is 1. The normalized spacial score (nSPS) is 22.8. The van der Waals surface area contributed by atoms with E-state index in [9.17, 15) is 4.79 Å². The number of aromatic nitrogens is 2. The van der Waals surface area contributed by atoms with Crippen LogP contribution in [0.15, 0.2) is 30.6 Å². The zero-order valence-electron chi connectivity index (χ0n) is 10.6. The molecular weight excluding hydrogens is 306 g/mol. The minimum Gasteiger partial charge on any atom is -0.352 e. The van der Waals surface area contributed by atoms with E-state index < -0.39 is 0 Å². The van der Waals surface area contributed by atoms with Gasteiger partial charge in [-0.2, -0.15) is 5.10 Å². The van der Waals surface area contributed by atoms with Crippen LogP contribution in [0.5, 0.6) is 0 Å². The molecule has 2 heterocycles. The minimum absolute atomic E-state index is 0.0285. The lowest BCUT2D eigenvalue weighted by atomic mass is 10.1. The Morgan fingerprint density at radius 1 is 1.47 bits per heavy atom. The molecule has 1 fully saturated rings. The third kappa shape index (κ3) is 2.66. The van der Waals surface area contributed by atoms with E-state index in [1.807, 2.05) is 24.4 Å². The number of pyridine rings is 1. The van der Waals surface area contributed by atoms with Crippen LogP contribution < -0.4 is 5.32 Å².